The molecule has 254 valence electrons. The average Bonchev–Trinajstić information content (AvgIpc) is 3.27. The summed E-state index contributed by atoms with van der Waals surface area (Å²) in [4.78, 5) is 14.6. The molecule has 3 nitrogen and oxygen atoms in total. The standard InChI is InChI=1S/C51H35N3/c1-4-12-36(13-5-1)39-22-24-40(25-23-39)49-35-50(54-51(53-49)41-26-28-52-29-27-41)48-33-46(44-20-10-18-42(30-44)37-14-6-2-7-15-37)32-47(34-48)45-21-11-19-43(31-45)38-16-8-3-9-17-38/h1-35H. The van der Waals surface area contributed by atoms with Gasteiger partial charge in [-0.05, 0) is 104 Å². The van der Waals surface area contributed by atoms with E-state index in [0.717, 1.165) is 55.9 Å². The SMILES string of the molecule is c1ccc(-c2ccc(-c3cc(-c4cc(-c5cccc(-c6ccccc6)c5)cc(-c5cccc(-c6ccccc6)c5)c4)nc(-c4ccncc4)n3)cc2)cc1. The largest absolute Gasteiger partial charge is 0.265 e. The molecule has 0 fully saturated rings. The third kappa shape index (κ3) is 6.99. The van der Waals surface area contributed by atoms with Crippen LogP contribution in [0.4, 0.5) is 0 Å². The van der Waals surface area contributed by atoms with Gasteiger partial charge in [-0.2, -0.15) is 0 Å². The third-order valence-electron chi connectivity index (χ3n) is 9.79. The molecule has 0 atom stereocenters. The molecule has 9 aromatic rings. The van der Waals surface area contributed by atoms with Crippen LogP contribution in [-0.4, -0.2) is 15.0 Å². The molecule has 9 rings (SSSR count). The maximum atomic E-state index is 5.23. The van der Waals surface area contributed by atoms with Gasteiger partial charge in [0.1, 0.15) is 0 Å². The summed E-state index contributed by atoms with van der Waals surface area (Å²) in [6.07, 6.45) is 3.58. The van der Waals surface area contributed by atoms with Gasteiger partial charge in [0.2, 0.25) is 0 Å². The number of rotatable bonds is 8. The second-order valence-electron chi connectivity index (χ2n) is 13.3. The number of hydrogen-bond donors (Lipinski definition) is 0. The number of pyridine rings is 1. The van der Waals surface area contributed by atoms with Crippen LogP contribution in [0.5, 0.6) is 0 Å². The molecule has 54 heavy (non-hydrogen) atoms. The first-order chi connectivity index (χ1) is 26.7. The van der Waals surface area contributed by atoms with Crippen LogP contribution in [0.15, 0.2) is 213 Å². The first kappa shape index (κ1) is 32.7. The lowest BCUT2D eigenvalue weighted by Crippen LogP contribution is -1.97. The first-order valence-corrected chi connectivity index (χ1v) is 18.2. The summed E-state index contributed by atoms with van der Waals surface area (Å²) in [7, 11) is 0. The highest BCUT2D eigenvalue weighted by atomic mass is 14.9. The predicted molar refractivity (Wildman–Crippen MR) is 223 cm³/mol. The van der Waals surface area contributed by atoms with Crippen molar-refractivity contribution in [1.82, 2.24) is 15.0 Å². The molecule has 2 aromatic heterocycles. The fraction of sp³-hybridized carbons (Fsp3) is 0. The lowest BCUT2D eigenvalue weighted by atomic mass is 9.92. The van der Waals surface area contributed by atoms with Crippen molar-refractivity contribution >= 4 is 0 Å². The van der Waals surface area contributed by atoms with Crippen LogP contribution in [0, 0.1) is 0 Å². The van der Waals surface area contributed by atoms with Gasteiger partial charge in [-0.25, -0.2) is 9.97 Å². The normalized spacial score (nSPS) is 11.0. The Hall–Kier alpha value is -7.23. The van der Waals surface area contributed by atoms with Crippen molar-refractivity contribution in [2.24, 2.45) is 0 Å². The second kappa shape index (κ2) is 14.8. The van der Waals surface area contributed by atoms with E-state index in [1.807, 2.05) is 18.2 Å². The Bertz CT molecular complexity index is 2570. The Morgan fingerprint density at radius 2 is 0.574 bits per heavy atom. The van der Waals surface area contributed by atoms with E-state index in [2.05, 4.69) is 187 Å². The van der Waals surface area contributed by atoms with Gasteiger partial charge < -0.3 is 0 Å². The molecule has 0 amide bonds. The number of aromatic nitrogens is 3. The molecule has 7 aromatic carbocycles. The minimum absolute atomic E-state index is 0.654. The van der Waals surface area contributed by atoms with E-state index in [4.69, 9.17) is 9.97 Å². The van der Waals surface area contributed by atoms with Crippen LogP contribution >= 0.6 is 0 Å². The molecular weight excluding hydrogens is 655 g/mol. The highest BCUT2D eigenvalue weighted by Gasteiger charge is 2.15. The highest BCUT2D eigenvalue weighted by molar-refractivity contribution is 5.85. The van der Waals surface area contributed by atoms with E-state index in [-0.39, 0.29) is 0 Å². The van der Waals surface area contributed by atoms with Crippen LogP contribution in [0.3, 0.4) is 0 Å². The minimum atomic E-state index is 0.654. The summed E-state index contributed by atoms with van der Waals surface area (Å²) in [5, 5.41) is 0. The van der Waals surface area contributed by atoms with Gasteiger partial charge in [-0.15, -0.1) is 0 Å². The topological polar surface area (TPSA) is 38.7 Å². The van der Waals surface area contributed by atoms with Gasteiger partial charge in [0.25, 0.3) is 0 Å². The summed E-state index contributed by atoms with van der Waals surface area (Å²) < 4.78 is 0. The Labute approximate surface area is 316 Å². The van der Waals surface area contributed by atoms with E-state index in [9.17, 15) is 0 Å². The van der Waals surface area contributed by atoms with Crippen LogP contribution in [0.1, 0.15) is 0 Å². The lowest BCUT2D eigenvalue weighted by molar-refractivity contribution is 1.18. The molecule has 0 aliphatic carbocycles. The second-order valence-corrected chi connectivity index (χ2v) is 13.3. The van der Waals surface area contributed by atoms with Gasteiger partial charge in [0.05, 0.1) is 11.4 Å². The van der Waals surface area contributed by atoms with Crippen LogP contribution in [0.2, 0.25) is 0 Å². The molecule has 0 N–H and O–H groups in total. The van der Waals surface area contributed by atoms with E-state index in [1.54, 1.807) is 12.4 Å². The van der Waals surface area contributed by atoms with E-state index in [0.29, 0.717) is 5.82 Å². The molecule has 0 saturated heterocycles. The third-order valence-corrected chi connectivity index (χ3v) is 9.79. The van der Waals surface area contributed by atoms with Crippen molar-refractivity contribution in [3.63, 3.8) is 0 Å². The molecule has 2 heterocycles. The van der Waals surface area contributed by atoms with Crippen LogP contribution in [0.25, 0.3) is 89.5 Å². The zero-order valence-electron chi connectivity index (χ0n) is 29.5. The van der Waals surface area contributed by atoms with Crippen molar-refractivity contribution in [3.8, 4) is 89.5 Å². The van der Waals surface area contributed by atoms with Crippen molar-refractivity contribution in [2.45, 2.75) is 0 Å². The maximum Gasteiger partial charge on any atom is 0.160 e. The van der Waals surface area contributed by atoms with Gasteiger partial charge in [-0.3, -0.25) is 4.98 Å². The van der Waals surface area contributed by atoms with Gasteiger partial charge in [0.15, 0.2) is 5.82 Å². The zero-order chi connectivity index (χ0) is 36.1. The summed E-state index contributed by atoms with van der Waals surface area (Å²) in [6, 6.07) is 70.6. The van der Waals surface area contributed by atoms with Gasteiger partial charge in [-0.1, -0.05) is 152 Å². The molecular formula is C51H35N3. The Kier molecular flexibility index (Phi) is 8.94. The fourth-order valence-corrected chi connectivity index (χ4v) is 6.96. The molecule has 0 unspecified atom stereocenters. The van der Waals surface area contributed by atoms with Crippen molar-refractivity contribution in [3.05, 3.63) is 213 Å². The van der Waals surface area contributed by atoms with E-state index < -0.39 is 0 Å². The quantitative estimate of drug-likeness (QED) is 0.159. The minimum Gasteiger partial charge on any atom is -0.265 e. The number of benzene rings is 7. The summed E-state index contributed by atoms with van der Waals surface area (Å²) >= 11 is 0. The van der Waals surface area contributed by atoms with E-state index in [1.165, 1.54) is 27.8 Å². The van der Waals surface area contributed by atoms with Crippen LogP contribution in [-0.2, 0) is 0 Å². The lowest BCUT2D eigenvalue weighted by Gasteiger charge is -2.14. The number of hydrogen-bond acceptors (Lipinski definition) is 3. The molecule has 0 radical (unpaired) electrons. The molecule has 0 spiro atoms. The summed E-state index contributed by atoms with van der Waals surface area (Å²) in [6.45, 7) is 0. The monoisotopic (exact) mass is 689 g/mol. The Morgan fingerprint density at radius 3 is 1.07 bits per heavy atom. The zero-order valence-corrected chi connectivity index (χ0v) is 29.5. The van der Waals surface area contributed by atoms with E-state index >= 15 is 0 Å². The first-order valence-electron chi connectivity index (χ1n) is 18.2. The van der Waals surface area contributed by atoms with Crippen LogP contribution < -0.4 is 0 Å². The Balaban J connectivity index is 1.22. The van der Waals surface area contributed by atoms with Crippen molar-refractivity contribution in [2.75, 3.05) is 0 Å². The predicted octanol–water partition coefficient (Wildman–Crippen LogP) is 13.2. The average molecular weight is 690 g/mol. The summed E-state index contributed by atoms with van der Waals surface area (Å²) in [5.74, 6) is 0.654. The molecule has 0 aliphatic rings. The summed E-state index contributed by atoms with van der Waals surface area (Å²) in [5.41, 5.74) is 16.2. The number of nitrogens with zero attached hydrogens (tertiary/aromatic N) is 3. The van der Waals surface area contributed by atoms with Crippen molar-refractivity contribution in [1.29, 1.82) is 0 Å². The molecule has 3 heteroatoms. The molecule has 0 aliphatic heterocycles. The van der Waals surface area contributed by atoms with Gasteiger partial charge >= 0.3 is 0 Å². The fourth-order valence-electron chi connectivity index (χ4n) is 6.96. The molecule has 0 saturated carbocycles. The smallest absolute Gasteiger partial charge is 0.160 e. The highest BCUT2D eigenvalue weighted by Crippen LogP contribution is 2.37. The maximum absolute atomic E-state index is 5.23. The van der Waals surface area contributed by atoms with Crippen molar-refractivity contribution < 1.29 is 0 Å². The molecule has 0 bridgehead atoms. The van der Waals surface area contributed by atoms with Gasteiger partial charge in [0, 0.05) is 29.1 Å². The Morgan fingerprint density at radius 1 is 0.222 bits per heavy atom.